The third-order valence-corrected chi connectivity index (χ3v) is 5.41. The maximum absolute atomic E-state index is 12.8. The maximum atomic E-state index is 12.8. The van der Waals surface area contributed by atoms with Crippen molar-refractivity contribution in [2.45, 2.75) is 31.6 Å². The number of ether oxygens (including phenoxy) is 1. The molecule has 0 heterocycles. The summed E-state index contributed by atoms with van der Waals surface area (Å²) in [6.07, 6.45) is 1.34. The Balaban J connectivity index is 2.55. The largest absolute Gasteiger partial charge is 0.495 e. The van der Waals surface area contributed by atoms with Crippen LogP contribution in [0.4, 0.5) is 5.69 Å². The second-order valence-electron chi connectivity index (χ2n) is 5.02. The van der Waals surface area contributed by atoms with Crippen LogP contribution in [0.15, 0.2) is 41.3 Å². The molecule has 0 aliphatic rings. The van der Waals surface area contributed by atoms with E-state index in [0.29, 0.717) is 29.3 Å². The second kappa shape index (κ2) is 7.23. The first-order valence-corrected chi connectivity index (χ1v) is 9.26. The van der Waals surface area contributed by atoms with Crippen molar-refractivity contribution in [1.29, 1.82) is 0 Å². The Bertz CT molecular complexity index is 803. The summed E-state index contributed by atoms with van der Waals surface area (Å²) >= 11 is 6.23. The average molecular weight is 354 g/mol. The van der Waals surface area contributed by atoms with E-state index >= 15 is 0 Å². The van der Waals surface area contributed by atoms with Crippen LogP contribution in [0.5, 0.6) is 5.75 Å². The van der Waals surface area contributed by atoms with Crippen LogP contribution in [0.1, 0.15) is 25.0 Å². The lowest BCUT2D eigenvalue weighted by Gasteiger charge is -2.18. The van der Waals surface area contributed by atoms with E-state index in [1.807, 2.05) is 19.9 Å². The van der Waals surface area contributed by atoms with Crippen LogP contribution < -0.4 is 9.46 Å². The monoisotopic (exact) mass is 353 g/mol. The Morgan fingerprint density at radius 3 is 2.39 bits per heavy atom. The van der Waals surface area contributed by atoms with Gasteiger partial charge in [-0.1, -0.05) is 43.6 Å². The molecule has 0 radical (unpaired) electrons. The van der Waals surface area contributed by atoms with Gasteiger partial charge in [0.25, 0.3) is 10.0 Å². The molecule has 0 atom stereocenters. The van der Waals surface area contributed by atoms with E-state index in [1.165, 1.54) is 13.2 Å². The first-order valence-electron chi connectivity index (χ1n) is 7.40. The predicted octanol–water partition coefficient (Wildman–Crippen LogP) is 4.27. The topological polar surface area (TPSA) is 55.4 Å². The van der Waals surface area contributed by atoms with Gasteiger partial charge in [-0.25, -0.2) is 8.42 Å². The summed E-state index contributed by atoms with van der Waals surface area (Å²) in [7, 11) is -2.32. The van der Waals surface area contributed by atoms with E-state index in [2.05, 4.69) is 4.72 Å². The van der Waals surface area contributed by atoms with Gasteiger partial charge in [0.05, 0.1) is 12.8 Å². The number of anilines is 1. The molecule has 0 spiro atoms. The van der Waals surface area contributed by atoms with Crippen LogP contribution in [-0.4, -0.2) is 15.5 Å². The SMILES string of the molecule is CCc1ccc(Cl)c(CC)c1NS(=O)(=O)c1ccccc1OC. The van der Waals surface area contributed by atoms with Gasteiger partial charge in [-0.2, -0.15) is 0 Å². The molecule has 0 saturated carbocycles. The highest BCUT2D eigenvalue weighted by Gasteiger charge is 2.22. The van der Waals surface area contributed by atoms with E-state index in [9.17, 15) is 8.42 Å². The molecule has 0 aliphatic heterocycles. The van der Waals surface area contributed by atoms with Crippen molar-refractivity contribution in [2.75, 3.05) is 11.8 Å². The molecule has 0 unspecified atom stereocenters. The Kier molecular flexibility index (Phi) is 5.55. The summed E-state index contributed by atoms with van der Waals surface area (Å²) in [4.78, 5) is 0.103. The van der Waals surface area contributed by atoms with Crippen LogP contribution >= 0.6 is 11.6 Å². The minimum absolute atomic E-state index is 0.103. The molecule has 0 bridgehead atoms. The first kappa shape index (κ1) is 17.6. The van der Waals surface area contributed by atoms with E-state index in [4.69, 9.17) is 16.3 Å². The minimum atomic E-state index is -3.77. The van der Waals surface area contributed by atoms with Gasteiger partial charge in [-0.3, -0.25) is 4.72 Å². The number of aryl methyl sites for hydroxylation is 1. The van der Waals surface area contributed by atoms with Gasteiger partial charge in [-0.05, 0) is 42.2 Å². The van der Waals surface area contributed by atoms with Gasteiger partial charge in [0, 0.05) is 5.02 Å². The molecule has 2 aromatic carbocycles. The van der Waals surface area contributed by atoms with Crippen molar-refractivity contribution in [2.24, 2.45) is 0 Å². The normalized spacial score (nSPS) is 11.3. The fraction of sp³-hybridized carbons (Fsp3) is 0.294. The molecule has 1 N–H and O–H groups in total. The number of rotatable bonds is 6. The zero-order valence-corrected chi connectivity index (χ0v) is 15.0. The smallest absolute Gasteiger partial charge is 0.265 e. The number of benzene rings is 2. The molecule has 124 valence electrons. The molecular formula is C17H20ClNO3S. The lowest BCUT2D eigenvalue weighted by atomic mass is 10.0. The van der Waals surface area contributed by atoms with Crippen molar-refractivity contribution in [3.05, 3.63) is 52.5 Å². The fourth-order valence-electron chi connectivity index (χ4n) is 2.47. The lowest BCUT2D eigenvalue weighted by Crippen LogP contribution is -2.16. The first-order chi connectivity index (χ1) is 10.9. The standard InChI is InChI=1S/C17H20ClNO3S/c1-4-12-10-11-14(18)13(5-2)17(12)19-23(20,21)16-9-7-6-8-15(16)22-3/h6-11,19H,4-5H2,1-3H3. The molecule has 0 fully saturated rings. The molecular weight excluding hydrogens is 334 g/mol. The molecule has 23 heavy (non-hydrogen) atoms. The minimum Gasteiger partial charge on any atom is -0.495 e. The number of halogens is 1. The molecule has 0 aromatic heterocycles. The Hall–Kier alpha value is -1.72. The van der Waals surface area contributed by atoms with Crippen LogP contribution in [0.3, 0.4) is 0 Å². The zero-order valence-electron chi connectivity index (χ0n) is 13.4. The zero-order chi connectivity index (χ0) is 17.0. The molecule has 4 nitrogen and oxygen atoms in total. The van der Waals surface area contributed by atoms with Crippen molar-refractivity contribution in [3.63, 3.8) is 0 Å². The Labute approximate surface area is 142 Å². The van der Waals surface area contributed by atoms with Crippen molar-refractivity contribution in [3.8, 4) is 5.75 Å². The molecule has 6 heteroatoms. The number of hydrogen-bond donors (Lipinski definition) is 1. The maximum Gasteiger partial charge on any atom is 0.265 e. The Morgan fingerprint density at radius 2 is 1.78 bits per heavy atom. The summed E-state index contributed by atoms with van der Waals surface area (Å²) in [5.41, 5.74) is 2.27. The van der Waals surface area contributed by atoms with Crippen molar-refractivity contribution >= 4 is 27.3 Å². The number of nitrogens with one attached hydrogen (secondary N) is 1. The van der Waals surface area contributed by atoms with Crippen molar-refractivity contribution < 1.29 is 13.2 Å². The van der Waals surface area contributed by atoms with Crippen LogP contribution in [0.25, 0.3) is 0 Å². The van der Waals surface area contributed by atoms with Gasteiger partial charge in [0.2, 0.25) is 0 Å². The average Bonchev–Trinajstić information content (AvgIpc) is 2.55. The summed E-state index contributed by atoms with van der Waals surface area (Å²) in [5.74, 6) is 0.304. The highest BCUT2D eigenvalue weighted by molar-refractivity contribution is 7.92. The summed E-state index contributed by atoms with van der Waals surface area (Å²) in [6.45, 7) is 3.92. The highest BCUT2D eigenvalue weighted by Crippen LogP contribution is 2.32. The second-order valence-corrected chi connectivity index (χ2v) is 7.08. The van der Waals surface area contributed by atoms with Crippen LogP contribution in [0, 0.1) is 0 Å². The van der Waals surface area contributed by atoms with Crippen LogP contribution in [0.2, 0.25) is 5.02 Å². The molecule has 2 rings (SSSR count). The molecule has 0 amide bonds. The van der Waals surface area contributed by atoms with Crippen molar-refractivity contribution in [1.82, 2.24) is 0 Å². The molecule has 0 aliphatic carbocycles. The molecule has 0 saturated heterocycles. The summed E-state index contributed by atoms with van der Waals surface area (Å²) < 4.78 is 33.4. The highest BCUT2D eigenvalue weighted by atomic mass is 35.5. The Morgan fingerprint density at radius 1 is 1.09 bits per heavy atom. The number of hydrogen-bond acceptors (Lipinski definition) is 3. The van der Waals surface area contributed by atoms with Gasteiger partial charge in [0.1, 0.15) is 10.6 Å². The van der Waals surface area contributed by atoms with Crippen LogP contribution in [-0.2, 0) is 22.9 Å². The molecule has 2 aromatic rings. The van der Waals surface area contributed by atoms with Gasteiger partial charge >= 0.3 is 0 Å². The summed E-state index contributed by atoms with van der Waals surface area (Å²) in [5, 5.41) is 0.558. The quantitative estimate of drug-likeness (QED) is 0.843. The lowest BCUT2D eigenvalue weighted by molar-refractivity contribution is 0.403. The van der Waals surface area contributed by atoms with E-state index in [0.717, 1.165) is 11.1 Å². The van der Waals surface area contributed by atoms with Gasteiger partial charge in [0.15, 0.2) is 0 Å². The van der Waals surface area contributed by atoms with E-state index in [1.54, 1.807) is 24.3 Å². The van der Waals surface area contributed by atoms with E-state index < -0.39 is 10.0 Å². The fourth-order valence-corrected chi connectivity index (χ4v) is 4.07. The third-order valence-electron chi connectivity index (χ3n) is 3.67. The van der Waals surface area contributed by atoms with E-state index in [-0.39, 0.29) is 4.90 Å². The summed E-state index contributed by atoms with van der Waals surface area (Å²) in [6, 6.07) is 10.2. The number of sulfonamides is 1. The third kappa shape index (κ3) is 3.62. The van der Waals surface area contributed by atoms with Gasteiger partial charge < -0.3 is 4.74 Å². The number of para-hydroxylation sites is 1. The predicted molar refractivity (Wildman–Crippen MR) is 94.0 cm³/mol. The van der Waals surface area contributed by atoms with Gasteiger partial charge in [-0.15, -0.1) is 0 Å². The number of methoxy groups -OCH3 is 1.